The predicted molar refractivity (Wildman–Crippen MR) is 133 cm³/mol. The number of rotatable bonds is 8. The third-order valence-corrected chi connectivity index (χ3v) is 8.15. The summed E-state index contributed by atoms with van der Waals surface area (Å²) in [4.78, 5) is 45.7. The predicted octanol–water partition coefficient (Wildman–Crippen LogP) is 3.85. The number of thiazole rings is 1. The number of nitrogens with one attached hydrogen (secondary N) is 2. The monoisotopic (exact) mass is 500 g/mol. The van der Waals surface area contributed by atoms with Gasteiger partial charge in [-0.15, -0.1) is 11.3 Å². The first-order valence-electron chi connectivity index (χ1n) is 12.4. The lowest BCUT2D eigenvalue weighted by molar-refractivity contribution is -0.139. The number of carbonyl (C=O) groups excluding carboxylic acids is 3. The standard InChI is InChI=1S/C26H33FN4O3S/c1-16(28-2)24(33)30-22(17-9-4-3-5-10-17)26(34)31-14-8-13-21(31)25-29-20(15-35-25)23(32)18-11-6-7-12-19(18)27/h6-7,11-12,15-17,21-22,28H,3-5,8-10,13-14H2,1-2H3,(H,30,33)/t16?,21-,22-/m0/s1. The van der Waals surface area contributed by atoms with Crippen LogP contribution in [-0.4, -0.2) is 53.2 Å². The Morgan fingerprint density at radius 1 is 1.11 bits per heavy atom. The zero-order valence-electron chi connectivity index (χ0n) is 20.3. The maximum absolute atomic E-state index is 14.1. The fourth-order valence-corrected chi connectivity index (χ4v) is 6.00. The van der Waals surface area contributed by atoms with Gasteiger partial charge in [-0.2, -0.15) is 0 Å². The SMILES string of the molecule is CNC(C)C(=O)N[C@H](C(=O)N1CCC[C@H]1c1nc(C(=O)c2ccccc2F)cs1)C1CCCCC1. The number of benzene rings is 1. The molecule has 3 atom stereocenters. The van der Waals surface area contributed by atoms with Gasteiger partial charge in [0.1, 0.15) is 22.6 Å². The molecule has 1 unspecified atom stereocenters. The summed E-state index contributed by atoms with van der Waals surface area (Å²) < 4.78 is 14.1. The molecule has 0 bridgehead atoms. The van der Waals surface area contributed by atoms with Crippen molar-refractivity contribution in [3.05, 3.63) is 51.7 Å². The highest BCUT2D eigenvalue weighted by atomic mass is 32.1. The first-order valence-corrected chi connectivity index (χ1v) is 13.3. The average Bonchev–Trinajstić information content (AvgIpc) is 3.56. The molecule has 2 amide bonds. The number of likely N-dealkylation sites (N-methyl/N-ethyl adjacent to an activating group) is 1. The lowest BCUT2D eigenvalue weighted by Gasteiger charge is -2.35. The van der Waals surface area contributed by atoms with Crippen molar-refractivity contribution in [2.24, 2.45) is 5.92 Å². The van der Waals surface area contributed by atoms with Crippen molar-refractivity contribution in [3.8, 4) is 0 Å². The maximum Gasteiger partial charge on any atom is 0.246 e. The number of ketones is 1. The summed E-state index contributed by atoms with van der Waals surface area (Å²) in [5.74, 6) is -1.19. The summed E-state index contributed by atoms with van der Waals surface area (Å²) in [5.41, 5.74) is 0.178. The van der Waals surface area contributed by atoms with Gasteiger partial charge in [-0.05, 0) is 57.7 Å². The van der Waals surface area contributed by atoms with E-state index >= 15 is 0 Å². The Kier molecular flexibility index (Phi) is 8.28. The Bertz CT molecular complexity index is 1070. The zero-order valence-corrected chi connectivity index (χ0v) is 21.1. The van der Waals surface area contributed by atoms with Crippen LogP contribution in [-0.2, 0) is 9.59 Å². The second kappa shape index (κ2) is 11.4. The number of hydrogen-bond donors (Lipinski definition) is 2. The van der Waals surface area contributed by atoms with Crippen molar-refractivity contribution in [2.45, 2.75) is 70.0 Å². The van der Waals surface area contributed by atoms with Crippen molar-refractivity contribution < 1.29 is 18.8 Å². The van der Waals surface area contributed by atoms with Crippen LogP contribution in [0.5, 0.6) is 0 Å². The molecule has 188 valence electrons. The summed E-state index contributed by atoms with van der Waals surface area (Å²) in [6.45, 7) is 2.36. The second-order valence-electron chi connectivity index (χ2n) is 9.46. The van der Waals surface area contributed by atoms with E-state index in [2.05, 4.69) is 15.6 Å². The normalized spacial score (nSPS) is 20.4. The maximum atomic E-state index is 14.1. The van der Waals surface area contributed by atoms with Gasteiger partial charge in [0.2, 0.25) is 17.6 Å². The molecule has 0 spiro atoms. The van der Waals surface area contributed by atoms with Gasteiger partial charge in [-0.3, -0.25) is 14.4 Å². The largest absolute Gasteiger partial charge is 0.343 e. The van der Waals surface area contributed by atoms with E-state index in [0.29, 0.717) is 11.6 Å². The molecule has 2 N–H and O–H groups in total. The van der Waals surface area contributed by atoms with Crippen LogP contribution in [0, 0.1) is 11.7 Å². The summed E-state index contributed by atoms with van der Waals surface area (Å²) >= 11 is 1.32. The molecule has 0 radical (unpaired) electrons. The fourth-order valence-electron chi connectivity index (χ4n) is 5.05. The van der Waals surface area contributed by atoms with Crippen LogP contribution in [0.2, 0.25) is 0 Å². The van der Waals surface area contributed by atoms with Crippen LogP contribution in [0.4, 0.5) is 4.39 Å². The number of hydrogen-bond acceptors (Lipinski definition) is 6. The van der Waals surface area contributed by atoms with Gasteiger partial charge in [0.25, 0.3) is 0 Å². The molecule has 7 nitrogen and oxygen atoms in total. The van der Waals surface area contributed by atoms with E-state index in [1.165, 1.54) is 23.5 Å². The smallest absolute Gasteiger partial charge is 0.246 e. The van der Waals surface area contributed by atoms with Crippen LogP contribution in [0.3, 0.4) is 0 Å². The van der Waals surface area contributed by atoms with Gasteiger partial charge in [0.05, 0.1) is 17.6 Å². The number of likely N-dealkylation sites (tertiary alicyclic amines) is 1. The molecular formula is C26H33FN4O3S. The lowest BCUT2D eigenvalue weighted by atomic mass is 9.83. The molecule has 2 aliphatic rings. The molecule has 35 heavy (non-hydrogen) atoms. The van der Waals surface area contributed by atoms with Crippen LogP contribution < -0.4 is 10.6 Å². The average molecular weight is 501 g/mol. The molecule has 2 heterocycles. The van der Waals surface area contributed by atoms with Crippen LogP contribution in [0.1, 0.15) is 79.0 Å². The molecule has 4 rings (SSSR count). The number of nitrogens with zero attached hydrogens (tertiary/aromatic N) is 2. The van der Waals surface area contributed by atoms with E-state index in [0.717, 1.165) is 44.9 Å². The Labute approximate surface area is 209 Å². The third kappa shape index (κ3) is 5.62. The van der Waals surface area contributed by atoms with E-state index in [9.17, 15) is 18.8 Å². The minimum atomic E-state index is -0.577. The van der Waals surface area contributed by atoms with Crippen molar-refractivity contribution in [1.82, 2.24) is 20.5 Å². The Morgan fingerprint density at radius 2 is 1.86 bits per heavy atom. The molecule has 2 aromatic rings. The highest BCUT2D eigenvalue weighted by molar-refractivity contribution is 7.10. The van der Waals surface area contributed by atoms with E-state index < -0.39 is 23.7 Å². The summed E-state index contributed by atoms with van der Waals surface area (Å²) in [6, 6.07) is 4.65. The van der Waals surface area contributed by atoms with E-state index in [-0.39, 0.29) is 35.0 Å². The van der Waals surface area contributed by atoms with E-state index in [4.69, 9.17) is 0 Å². The van der Waals surface area contributed by atoms with Gasteiger partial charge in [0, 0.05) is 11.9 Å². The molecule has 9 heteroatoms. The molecule has 1 aliphatic carbocycles. The highest BCUT2D eigenvalue weighted by Crippen LogP contribution is 2.36. The Morgan fingerprint density at radius 3 is 2.57 bits per heavy atom. The van der Waals surface area contributed by atoms with E-state index in [1.54, 1.807) is 31.5 Å². The van der Waals surface area contributed by atoms with Gasteiger partial charge >= 0.3 is 0 Å². The van der Waals surface area contributed by atoms with Crippen LogP contribution >= 0.6 is 11.3 Å². The molecule has 1 aromatic heterocycles. The summed E-state index contributed by atoms with van der Waals surface area (Å²) in [5, 5.41) is 8.29. The summed E-state index contributed by atoms with van der Waals surface area (Å²) in [7, 11) is 1.72. The van der Waals surface area contributed by atoms with Crippen molar-refractivity contribution in [3.63, 3.8) is 0 Å². The zero-order chi connectivity index (χ0) is 24.9. The Hall–Kier alpha value is -2.65. The van der Waals surface area contributed by atoms with Gasteiger partial charge in [0.15, 0.2) is 0 Å². The van der Waals surface area contributed by atoms with Gasteiger partial charge < -0.3 is 15.5 Å². The van der Waals surface area contributed by atoms with Crippen LogP contribution in [0.15, 0.2) is 29.6 Å². The highest BCUT2D eigenvalue weighted by Gasteiger charge is 2.40. The van der Waals surface area contributed by atoms with Gasteiger partial charge in [-0.1, -0.05) is 31.4 Å². The first kappa shape index (κ1) is 25.4. The van der Waals surface area contributed by atoms with Crippen LogP contribution in [0.25, 0.3) is 0 Å². The molecule has 1 saturated heterocycles. The quantitative estimate of drug-likeness (QED) is 0.538. The number of amides is 2. The second-order valence-corrected chi connectivity index (χ2v) is 10.4. The minimum Gasteiger partial charge on any atom is -0.343 e. The minimum absolute atomic E-state index is 0.0116. The summed E-state index contributed by atoms with van der Waals surface area (Å²) in [6.07, 6.45) is 6.67. The number of halogens is 1. The molecular weight excluding hydrogens is 467 g/mol. The Balaban J connectivity index is 1.54. The van der Waals surface area contributed by atoms with E-state index in [1.807, 2.05) is 4.90 Å². The topological polar surface area (TPSA) is 91.4 Å². The lowest BCUT2D eigenvalue weighted by Crippen LogP contribution is -2.55. The number of carbonyl (C=O) groups is 3. The van der Waals surface area contributed by atoms with Crippen molar-refractivity contribution in [1.29, 1.82) is 0 Å². The fraction of sp³-hybridized carbons (Fsp3) is 0.538. The molecule has 2 fully saturated rings. The third-order valence-electron chi connectivity index (χ3n) is 7.21. The number of aromatic nitrogens is 1. The molecule has 1 aromatic carbocycles. The first-order chi connectivity index (χ1) is 16.9. The van der Waals surface area contributed by atoms with Crippen molar-refractivity contribution >= 4 is 28.9 Å². The van der Waals surface area contributed by atoms with Crippen molar-refractivity contribution in [2.75, 3.05) is 13.6 Å². The van der Waals surface area contributed by atoms with Gasteiger partial charge in [-0.25, -0.2) is 9.37 Å². The molecule has 1 aliphatic heterocycles. The molecule has 1 saturated carbocycles.